The average Bonchev–Trinajstić information content (AvgIpc) is 2.81. The Morgan fingerprint density at radius 3 is 2.78 bits per heavy atom. The lowest BCUT2D eigenvalue weighted by Crippen LogP contribution is -1.92. The van der Waals surface area contributed by atoms with Crippen LogP contribution in [0.3, 0.4) is 0 Å². The minimum atomic E-state index is -1.27. The quantitative estimate of drug-likeness (QED) is 0.929. The number of hydrogen-bond acceptors (Lipinski definition) is 4. The number of ether oxygens (including phenoxy) is 1. The van der Waals surface area contributed by atoms with Crippen LogP contribution in [0.1, 0.15) is 10.6 Å². The summed E-state index contributed by atoms with van der Waals surface area (Å²) >= 11 is 5.98. The van der Waals surface area contributed by atoms with E-state index in [1.54, 1.807) is 0 Å². The van der Waals surface area contributed by atoms with Gasteiger partial charge in [0.15, 0.2) is 0 Å². The first-order chi connectivity index (χ1) is 8.52. The van der Waals surface area contributed by atoms with Crippen molar-refractivity contribution in [2.75, 3.05) is 7.11 Å². The van der Waals surface area contributed by atoms with Gasteiger partial charge in [-0.2, -0.15) is 0 Å². The fourth-order valence-corrected chi connectivity index (χ4v) is 1.69. The number of carboxylic acid groups (broad SMARTS) is 1. The highest BCUT2D eigenvalue weighted by molar-refractivity contribution is 6.34. The van der Waals surface area contributed by atoms with E-state index in [0.717, 1.165) is 18.2 Å². The Balaban J connectivity index is 2.55. The molecule has 94 valence electrons. The third kappa shape index (κ3) is 2.14. The van der Waals surface area contributed by atoms with Crippen LogP contribution in [-0.2, 0) is 0 Å². The summed E-state index contributed by atoms with van der Waals surface area (Å²) in [5.74, 6) is -2.07. The minimum absolute atomic E-state index is 0.121. The van der Waals surface area contributed by atoms with Gasteiger partial charge in [-0.15, -0.1) is 0 Å². The van der Waals surface area contributed by atoms with Gasteiger partial charge in [-0.1, -0.05) is 16.8 Å². The predicted molar refractivity (Wildman–Crippen MR) is 60.4 cm³/mol. The summed E-state index contributed by atoms with van der Waals surface area (Å²) in [6.45, 7) is 0. The zero-order valence-electron chi connectivity index (χ0n) is 9.11. The van der Waals surface area contributed by atoms with Gasteiger partial charge in [-0.05, 0) is 6.07 Å². The summed E-state index contributed by atoms with van der Waals surface area (Å²) in [5.41, 5.74) is 0.319. The lowest BCUT2D eigenvalue weighted by molar-refractivity contribution is 0.0652. The van der Waals surface area contributed by atoms with E-state index in [0.29, 0.717) is 0 Å². The lowest BCUT2D eigenvalue weighted by Gasteiger charge is -2.06. The largest absolute Gasteiger partial charge is 0.495 e. The van der Waals surface area contributed by atoms with Gasteiger partial charge in [0, 0.05) is 17.7 Å². The monoisotopic (exact) mass is 271 g/mol. The van der Waals surface area contributed by atoms with Crippen molar-refractivity contribution < 1.29 is 23.6 Å². The van der Waals surface area contributed by atoms with Gasteiger partial charge in [-0.25, -0.2) is 9.18 Å². The van der Waals surface area contributed by atoms with Gasteiger partial charge in [0.25, 0.3) is 0 Å². The molecule has 1 aromatic carbocycles. The number of aromatic carboxylic acids is 1. The first-order valence-electron chi connectivity index (χ1n) is 4.76. The van der Waals surface area contributed by atoms with Crippen LogP contribution in [0.5, 0.6) is 5.75 Å². The zero-order valence-corrected chi connectivity index (χ0v) is 9.86. The standard InChI is InChI=1S/C11H7ClFNO4/c1-17-8-3-5(13)2-6(10(8)12)7-4-9(11(15)16)18-14-7/h2-4H,1H3,(H,15,16). The summed E-state index contributed by atoms with van der Waals surface area (Å²) in [4.78, 5) is 10.7. The number of rotatable bonds is 3. The molecule has 0 spiro atoms. The van der Waals surface area contributed by atoms with Crippen molar-refractivity contribution in [1.82, 2.24) is 5.16 Å². The third-order valence-electron chi connectivity index (χ3n) is 2.22. The predicted octanol–water partition coefficient (Wildman–Crippen LogP) is 2.84. The van der Waals surface area contributed by atoms with Crippen molar-refractivity contribution in [3.8, 4) is 17.0 Å². The molecule has 0 atom stereocenters. The number of aromatic nitrogens is 1. The molecule has 1 N–H and O–H groups in total. The van der Waals surface area contributed by atoms with Gasteiger partial charge in [0.2, 0.25) is 5.76 Å². The molecule has 0 bridgehead atoms. The summed E-state index contributed by atoms with van der Waals surface area (Å²) < 4.78 is 22.8. The maximum absolute atomic E-state index is 13.3. The molecule has 1 heterocycles. The molecule has 18 heavy (non-hydrogen) atoms. The van der Waals surface area contributed by atoms with E-state index < -0.39 is 11.8 Å². The Hall–Kier alpha value is -2.08. The smallest absolute Gasteiger partial charge is 0.374 e. The number of methoxy groups -OCH3 is 1. The van der Waals surface area contributed by atoms with Gasteiger partial charge < -0.3 is 14.4 Å². The van der Waals surface area contributed by atoms with E-state index in [4.69, 9.17) is 21.4 Å². The molecule has 0 radical (unpaired) electrons. The van der Waals surface area contributed by atoms with Gasteiger partial charge in [0.05, 0.1) is 12.1 Å². The molecule has 5 nitrogen and oxygen atoms in total. The number of carboxylic acids is 1. The van der Waals surface area contributed by atoms with E-state index in [-0.39, 0.29) is 27.8 Å². The van der Waals surface area contributed by atoms with Crippen LogP contribution in [-0.4, -0.2) is 23.3 Å². The van der Waals surface area contributed by atoms with Gasteiger partial charge >= 0.3 is 5.97 Å². The molecule has 1 aromatic heterocycles. The molecule has 0 unspecified atom stereocenters. The fraction of sp³-hybridized carbons (Fsp3) is 0.0909. The van der Waals surface area contributed by atoms with Crippen LogP contribution in [0.15, 0.2) is 22.7 Å². The number of nitrogens with zero attached hydrogens (tertiary/aromatic N) is 1. The van der Waals surface area contributed by atoms with Crippen molar-refractivity contribution >= 4 is 17.6 Å². The SMILES string of the molecule is COc1cc(F)cc(-c2cc(C(=O)O)on2)c1Cl. The number of carbonyl (C=O) groups is 1. The maximum atomic E-state index is 13.3. The van der Waals surface area contributed by atoms with Crippen molar-refractivity contribution in [2.24, 2.45) is 0 Å². The maximum Gasteiger partial charge on any atom is 0.374 e. The minimum Gasteiger partial charge on any atom is -0.495 e. The van der Waals surface area contributed by atoms with Crippen LogP contribution in [0.2, 0.25) is 5.02 Å². The second-order valence-electron chi connectivity index (χ2n) is 3.35. The van der Waals surface area contributed by atoms with Crippen LogP contribution in [0.25, 0.3) is 11.3 Å². The molecular weight excluding hydrogens is 265 g/mol. The highest BCUT2D eigenvalue weighted by Crippen LogP contribution is 2.35. The topological polar surface area (TPSA) is 72.6 Å². The molecule has 0 aliphatic rings. The molecule has 0 saturated carbocycles. The molecule has 0 aliphatic heterocycles. The van der Waals surface area contributed by atoms with E-state index in [9.17, 15) is 9.18 Å². The Morgan fingerprint density at radius 2 is 2.22 bits per heavy atom. The van der Waals surface area contributed by atoms with E-state index >= 15 is 0 Å². The average molecular weight is 272 g/mol. The summed E-state index contributed by atoms with van der Waals surface area (Å²) in [5, 5.41) is 12.4. The normalized spacial score (nSPS) is 10.4. The Kier molecular flexibility index (Phi) is 3.20. The van der Waals surface area contributed by atoms with Crippen LogP contribution >= 0.6 is 11.6 Å². The van der Waals surface area contributed by atoms with Crippen molar-refractivity contribution in [1.29, 1.82) is 0 Å². The Bertz CT molecular complexity index is 611. The number of benzene rings is 1. The first-order valence-corrected chi connectivity index (χ1v) is 5.14. The Labute approximate surface area is 106 Å². The summed E-state index contributed by atoms with van der Waals surface area (Å²) in [6, 6.07) is 3.39. The molecule has 0 aliphatic carbocycles. The van der Waals surface area contributed by atoms with Crippen LogP contribution in [0.4, 0.5) is 4.39 Å². The number of hydrogen-bond donors (Lipinski definition) is 1. The fourth-order valence-electron chi connectivity index (χ4n) is 1.40. The third-order valence-corrected chi connectivity index (χ3v) is 2.61. The van der Waals surface area contributed by atoms with E-state index in [1.165, 1.54) is 7.11 Å². The zero-order chi connectivity index (χ0) is 13.3. The Morgan fingerprint density at radius 1 is 1.50 bits per heavy atom. The van der Waals surface area contributed by atoms with Crippen LogP contribution < -0.4 is 4.74 Å². The molecule has 2 aromatic rings. The van der Waals surface area contributed by atoms with Crippen molar-refractivity contribution in [2.45, 2.75) is 0 Å². The van der Waals surface area contributed by atoms with E-state index in [1.807, 2.05) is 0 Å². The van der Waals surface area contributed by atoms with Crippen LogP contribution in [0, 0.1) is 5.82 Å². The second kappa shape index (κ2) is 4.66. The van der Waals surface area contributed by atoms with Crippen molar-refractivity contribution in [3.05, 3.63) is 34.8 Å². The molecule has 0 saturated heterocycles. The van der Waals surface area contributed by atoms with Gasteiger partial charge in [-0.3, -0.25) is 0 Å². The van der Waals surface area contributed by atoms with Gasteiger partial charge in [0.1, 0.15) is 17.3 Å². The molecule has 0 fully saturated rings. The van der Waals surface area contributed by atoms with E-state index in [2.05, 4.69) is 9.68 Å². The first kappa shape index (κ1) is 12.4. The summed E-state index contributed by atoms with van der Waals surface area (Å²) in [6.07, 6.45) is 0. The lowest BCUT2D eigenvalue weighted by atomic mass is 10.1. The highest BCUT2D eigenvalue weighted by atomic mass is 35.5. The molecule has 7 heteroatoms. The highest BCUT2D eigenvalue weighted by Gasteiger charge is 2.17. The molecule has 0 amide bonds. The second-order valence-corrected chi connectivity index (χ2v) is 3.73. The van der Waals surface area contributed by atoms with Crippen molar-refractivity contribution in [3.63, 3.8) is 0 Å². The molecular formula is C11H7ClFNO4. The number of halogens is 2. The molecule has 2 rings (SSSR count). The summed E-state index contributed by atoms with van der Waals surface area (Å²) in [7, 11) is 1.34.